The maximum Gasteiger partial charge on any atom is 0.0968 e. The minimum atomic E-state index is 0.553. The van der Waals surface area contributed by atoms with Crippen molar-refractivity contribution in [2.24, 2.45) is 0 Å². The molecule has 2 unspecified atom stereocenters. The molecule has 96 valence electrons. The lowest BCUT2D eigenvalue weighted by atomic mass is 10.2. The third-order valence-corrected chi connectivity index (χ3v) is 3.78. The van der Waals surface area contributed by atoms with Gasteiger partial charge in [-0.2, -0.15) is 0 Å². The van der Waals surface area contributed by atoms with Gasteiger partial charge in [-0.1, -0.05) is 13.8 Å². The predicted molar refractivity (Wildman–Crippen MR) is 76.8 cm³/mol. The highest BCUT2D eigenvalue weighted by molar-refractivity contribution is 7.99. The van der Waals surface area contributed by atoms with Crippen LogP contribution < -0.4 is 5.32 Å². The Hall–Kier alpha value is -0.540. The summed E-state index contributed by atoms with van der Waals surface area (Å²) in [5, 5.41) is 5.23. The molecule has 2 nitrogen and oxygen atoms in total. The van der Waals surface area contributed by atoms with Crippen molar-refractivity contribution in [3.05, 3.63) is 23.4 Å². The van der Waals surface area contributed by atoms with Crippen molar-refractivity contribution < 1.29 is 0 Å². The first-order valence-electron chi connectivity index (χ1n) is 6.36. The van der Waals surface area contributed by atoms with E-state index in [1.165, 1.54) is 12.0 Å². The quantitative estimate of drug-likeness (QED) is 0.784. The van der Waals surface area contributed by atoms with E-state index in [1.807, 2.05) is 11.8 Å². The third kappa shape index (κ3) is 5.55. The monoisotopic (exact) mass is 252 g/mol. The van der Waals surface area contributed by atoms with Crippen LogP contribution >= 0.6 is 11.8 Å². The summed E-state index contributed by atoms with van der Waals surface area (Å²) in [7, 11) is 0. The van der Waals surface area contributed by atoms with E-state index >= 15 is 0 Å². The van der Waals surface area contributed by atoms with Crippen LogP contribution in [0.5, 0.6) is 0 Å². The van der Waals surface area contributed by atoms with Crippen molar-refractivity contribution in [1.82, 2.24) is 10.3 Å². The van der Waals surface area contributed by atoms with E-state index < -0.39 is 0 Å². The molecule has 0 fully saturated rings. The first kappa shape index (κ1) is 14.5. The van der Waals surface area contributed by atoms with Crippen molar-refractivity contribution >= 4 is 11.8 Å². The Balaban J connectivity index is 2.47. The topological polar surface area (TPSA) is 24.9 Å². The zero-order valence-electron chi connectivity index (χ0n) is 11.6. The number of aromatic nitrogens is 1. The molecule has 0 aromatic carbocycles. The number of nitrogens with zero attached hydrogens (tertiary/aromatic N) is 1. The second kappa shape index (κ2) is 7.02. The van der Waals surface area contributed by atoms with Gasteiger partial charge >= 0.3 is 0 Å². The highest BCUT2D eigenvalue weighted by atomic mass is 32.2. The average molecular weight is 252 g/mol. The van der Waals surface area contributed by atoms with Crippen LogP contribution in [0.15, 0.2) is 17.2 Å². The highest BCUT2D eigenvalue weighted by Crippen LogP contribution is 2.22. The summed E-state index contributed by atoms with van der Waals surface area (Å²) in [5.41, 5.74) is 2.40. The summed E-state index contributed by atoms with van der Waals surface area (Å²) < 4.78 is 0. The van der Waals surface area contributed by atoms with Gasteiger partial charge < -0.3 is 5.32 Å². The van der Waals surface area contributed by atoms with Crippen LogP contribution in [0.25, 0.3) is 0 Å². The van der Waals surface area contributed by atoms with Crippen LogP contribution in [-0.2, 0) is 0 Å². The SMILES string of the molecule is CCC(C)NCC(C)Sc1cc(C)cc(C)n1. The number of pyridine rings is 1. The van der Waals surface area contributed by atoms with Gasteiger partial charge in [0.05, 0.1) is 5.03 Å². The highest BCUT2D eigenvalue weighted by Gasteiger charge is 2.07. The Labute approximate surface area is 110 Å². The van der Waals surface area contributed by atoms with E-state index in [1.54, 1.807) is 0 Å². The van der Waals surface area contributed by atoms with Gasteiger partial charge in [-0.3, -0.25) is 0 Å². The Morgan fingerprint density at radius 2 is 2.00 bits per heavy atom. The molecule has 2 atom stereocenters. The lowest BCUT2D eigenvalue weighted by molar-refractivity contribution is 0.536. The number of hydrogen-bond acceptors (Lipinski definition) is 3. The molecule has 1 N–H and O–H groups in total. The molecule has 3 heteroatoms. The Morgan fingerprint density at radius 1 is 1.29 bits per heavy atom. The summed E-state index contributed by atoms with van der Waals surface area (Å²) in [6.07, 6.45) is 1.18. The molecule has 0 saturated carbocycles. The standard InChI is InChI=1S/C14H24N2S/c1-6-11(3)15-9-13(5)17-14-8-10(2)7-12(4)16-14/h7-8,11,13,15H,6,9H2,1-5H3. The fourth-order valence-electron chi connectivity index (χ4n) is 1.62. The molecular formula is C14H24N2S. The summed E-state index contributed by atoms with van der Waals surface area (Å²) in [6.45, 7) is 11.9. The van der Waals surface area contributed by atoms with Crippen LogP contribution in [-0.4, -0.2) is 22.8 Å². The molecule has 0 aliphatic carbocycles. The molecule has 17 heavy (non-hydrogen) atoms. The second-order valence-electron chi connectivity index (χ2n) is 4.77. The van der Waals surface area contributed by atoms with Crippen LogP contribution in [0, 0.1) is 13.8 Å². The molecule has 0 amide bonds. The van der Waals surface area contributed by atoms with Crippen molar-refractivity contribution in [2.45, 2.75) is 57.4 Å². The molecule has 1 heterocycles. The first-order valence-corrected chi connectivity index (χ1v) is 7.24. The third-order valence-electron chi connectivity index (χ3n) is 2.76. The molecule has 1 aromatic rings. The normalized spacial score (nSPS) is 14.6. The fourth-order valence-corrected chi connectivity index (χ4v) is 2.67. The molecule has 0 radical (unpaired) electrons. The van der Waals surface area contributed by atoms with Crippen molar-refractivity contribution in [2.75, 3.05) is 6.54 Å². The van der Waals surface area contributed by atoms with Gasteiger partial charge in [-0.25, -0.2) is 4.98 Å². The lowest BCUT2D eigenvalue weighted by Crippen LogP contribution is -2.30. The molecule has 0 bridgehead atoms. The van der Waals surface area contributed by atoms with Gasteiger partial charge in [0.15, 0.2) is 0 Å². The van der Waals surface area contributed by atoms with Gasteiger partial charge in [0.2, 0.25) is 0 Å². The van der Waals surface area contributed by atoms with Gasteiger partial charge in [-0.05, 0) is 44.9 Å². The predicted octanol–water partition coefficient (Wildman–Crippen LogP) is 3.57. The summed E-state index contributed by atoms with van der Waals surface area (Å²) in [6, 6.07) is 4.88. The van der Waals surface area contributed by atoms with E-state index in [0.29, 0.717) is 11.3 Å². The number of rotatable bonds is 6. The minimum Gasteiger partial charge on any atom is -0.313 e. The number of nitrogens with one attached hydrogen (secondary N) is 1. The smallest absolute Gasteiger partial charge is 0.0968 e. The van der Waals surface area contributed by atoms with Gasteiger partial charge in [0.1, 0.15) is 0 Å². The number of hydrogen-bond donors (Lipinski definition) is 1. The van der Waals surface area contributed by atoms with E-state index in [-0.39, 0.29) is 0 Å². The first-order chi connectivity index (χ1) is 8.01. The maximum absolute atomic E-state index is 4.56. The largest absolute Gasteiger partial charge is 0.313 e. The van der Waals surface area contributed by atoms with Crippen LogP contribution in [0.2, 0.25) is 0 Å². The second-order valence-corrected chi connectivity index (χ2v) is 6.23. The van der Waals surface area contributed by atoms with E-state index in [2.05, 4.69) is 57.1 Å². The van der Waals surface area contributed by atoms with Crippen molar-refractivity contribution in [3.8, 4) is 0 Å². The Kier molecular flexibility index (Phi) is 6.00. The van der Waals surface area contributed by atoms with Gasteiger partial charge in [0.25, 0.3) is 0 Å². The Morgan fingerprint density at radius 3 is 2.59 bits per heavy atom. The summed E-state index contributed by atoms with van der Waals surface area (Å²) in [4.78, 5) is 4.56. The zero-order valence-corrected chi connectivity index (χ0v) is 12.4. The summed E-state index contributed by atoms with van der Waals surface area (Å²) >= 11 is 1.85. The molecule has 1 rings (SSSR count). The molecule has 0 spiro atoms. The van der Waals surface area contributed by atoms with E-state index in [4.69, 9.17) is 0 Å². The zero-order chi connectivity index (χ0) is 12.8. The van der Waals surface area contributed by atoms with Crippen molar-refractivity contribution in [3.63, 3.8) is 0 Å². The molecule has 1 aromatic heterocycles. The Bertz CT molecular complexity index is 332. The van der Waals surface area contributed by atoms with Gasteiger partial charge in [0, 0.05) is 23.5 Å². The average Bonchev–Trinajstić information content (AvgIpc) is 2.24. The lowest BCUT2D eigenvalue weighted by Gasteiger charge is -2.16. The maximum atomic E-state index is 4.56. The van der Waals surface area contributed by atoms with E-state index in [0.717, 1.165) is 17.3 Å². The van der Waals surface area contributed by atoms with E-state index in [9.17, 15) is 0 Å². The number of aryl methyl sites for hydroxylation is 2. The van der Waals surface area contributed by atoms with Crippen LogP contribution in [0.1, 0.15) is 38.4 Å². The molecule has 0 aliphatic heterocycles. The molecule has 0 aliphatic rings. The molecule has 0 saturated heterocycles. The van der Waals surface area contributed by atoms with Crippen LogP contribution in [0.3, 0.4) is 0 Å². The van der Waals surface area contributed by atoms with Crippen molar-refractivity contribution in [1.29, 1.82) is 0 Å². The minimum absolute atomic E-state index is 0.553. The molecular weight excluding hydrogens is 228 g/mol. The fraction of sp³-hybridized carbons (Fsp3) is 0.643. The number of thioether (sulfide) groups is 1. The summed E-state index contributed by atoms with van der Waals surface area (Å²) in [5.74, 6) is 0. The van der Waals surface area contributed by atoms with Crippen LogP contribution in [0.4, 0.5) is 0 Å². The van der Waals surface area contributed by atoms with Gasteiger partial charge in [-0.15, -0.1) is 11.8 Å².